The predicted octanol–water partition coefficient (Wildman–Crippen LogP) is 0.640. The van der Waals surface area contributed by atoms with Crippen LogP contribution in [0.5, 0.6) is 0 Å². The molecule has 2 atom stereocenters. The van der Waals surface area contributed by atoms with Crippen LogP contribution >= 0.6 is 0 Å². The molecule has 1 aliphatic rings. The van der Waals surface area contributed by atoms with Gasteiger partial charge in [-0.1, -0.05) is 13.3 Å². The second-order valence-electron chi connectivity index (χ2n) is 3.59. The van der Waals surface area contributed by atoms with Crippen molar-refractivity contribution in [2.45, 2.75) is 38.6 Å². The number of carbonyl (C=O) groups is 1. The molecular weight excluding hydrogens is 152 g/mol. The number of rotatable bonds is 3. The van der Waals surface area contributed by atoms with E-state index in [0.29, 0.717) is 24.9 Å². The van der Waals surface area contributed by atoms with Gasteiger partial charge in [-0.3, -0.25) is 4.79 Å². The Morgan fingerprint density at radius 1 is 1.67 bits per heavy atom. The summed E-state index contributed by atoms with van der Waals surface area (Å²) < 4.78 is 0. The fourth-order valence-electron chi connectivity index (χ4n) is 1.81. The quantitative estimate of drug-likeness (QED) is 0.653. The maximum absolute atomic E-state index is 11.2. The molecule has 2 unspecified atom stereocenters. The third-order valence-corrected chi connectivity index (χ3v) is 2.43. The van der Waals surface area contributed by atoms with Crippen molar-refractivity contribution in [2.75, 3.05) is 6.54 Å². The number of nitrogens with one attached hydrogen (secondary N) is 1. The molecule has 0 spiro atoms. The Balaban J connectivity index is 2.39. The van der Waals surface area contributed by atoms with E-state index in [1.165, 1.54) is 0 Å². The second-order valence-corrected chi connectivity index (χ2v) is 3.59. The first-order valence-electron chi connectivity index (χ1n) is 4.75. The van der Waals surface area contributed by atoms with Crippen molar-refractivity contribution in [3.05, 3.63) is 0 Å². The third kappa shape index (κ3) is 2.48. The van der Waals surface area contributed by atoms with Gasteiger partial charge in [0.1, 0.15) is 0 Å². The molecule has 1 fully saturated rings. The zero-order valence-electron chi connectivity index (χ0n) is 7.68. The molecule has 1 heterocycles. The van der Waals surface area contributed by atoms with E-state index in [1.807, 2.05) is 0 Å². The number of piperidine rings is 1. The number of carbonyl (C=O) groups excluding carboxylic acids is 1. The van der Waals surface area contributed by atoms with E-state index in [1.54, 1.807) is 0 Å². The molecular formula is C9H18N2O. The van der Waals surface area contributed by atoms with Crippen LogP contribution in [-0.4, -0.2) is 18.5 Å². The molecule has 1 aliphatic heterocycles. The molecule has 1 amide bonds. The summed E-state index contributed by atoms with van der Waals surface area (Å²) in [6.07, 6.45) is 3.90. The summed E-state index contributed by atoms with van der Waals surface area (Å²) in [6.45, 7) is 2.78. The van der Waals surface area contributed by atoms with E-state index < -0.39 is 0 Å². The van der Waals surface area contributed by atoms with Crippen LogP contribution in [0.3, 0.4) is 0 Å². The van der Waals surface area contributed by atoms with Crippen LogP contribution in [-0.2, 0) is 4.79 Å². The maximum Gasteiger partial charge on any atom is 0.220 e. The summed E-state index contributed by atoms with van der Waals surface area (Å²) in [7, 11) is 0. The topological polar surface area (TPSA) is 55.1 Å². The van der Waals surface area contributed by atoms with Crippen molar-refractivity contribution in [3.8, 4) is 0 Å². The van der Waals surface area contributed by atoms with Gasteiger partial charge in [-0.05, 0) is 25.3 Å². The van der Waals surface area contributed by atoms with Gasteiger partial charge in [0.15, 0.2) is 0 Å². The van der Waals surface area contributed by atoms with Gasteiger partial charge in [-0.15, -0.1) is 0 Å². The summed E-state index contributed by atoms with van der Waals surface area (Å²) >= 11 is 0. The highest BCUT2D eigenvalue weighted by Gasteiger charge is 2.24. The molecule has 3 N–H and O–H groups in total. The number of nitrogens with two attached hydrogens (primary N) is 1. The van der Waals surface area contributed by atoms with Crippen LogP contribution in [0.4, 0.5) is 0 Å². The molecule has 0 aromatic carbocycles. The van der Waals surface area contributed by atoms with Crippen molar-refractivity contribution >= 4 is 5.91 Å². The zero-order chi connectivity index (χ0) is 8.97. The van der Waals surface area contributed by atoms with Crippen molar-refractivity contribution < 1.29 is 4.79 Å². The lowest BCUT2D eigenvalue weighted by molar-refractivity contribution is -0.124. The van der Waals surface area contributed by atoms with Gasteiger partial charge < -0.3 is 11.1 Å². The lowest BCUT2D eigenvalue weighted by Crippen LogP contribution is -2.44. The van der Waals surface area contributed by atoms with Gasteiger partial charge in [0, 0.05) is 12.5 Å². The highest BCUT2D eigenvalue weighted by Crippen LogP contribution is 2.18. The molecule has 0 aromatic heterocycles. The van der Waals surface area contributed by atoms with E-state index in [0.717, 1.165) is 19.3 Å². The second kappa shape index (κ2) is 4.45. The lowest BCUT2D eigenvalue weighted by atomic mass is 9.90. The average molecular weight is 170 g/mol. The first-order chi connectivity index (χ1) is 5.76. The Morgan fingerprint density at radius 3 is 3.00 bits per heavy atom. The predicted molar refractivity (Wildman–Crippen MR) is 48.6 cm³/mol. The number of hydrogen-bond donors (Lipinski definition) is 2. The Kier molecular flexibility index (Phi) is 3.53. The summed E-state index contributed by atoms with van der Waals surface area (Å²) in [5, 5.41) is 2.99. The van der Waals surface area contributed by atoms with Gasteiger partial charge in [-0.2, -0.15) is 0 Å². The Morgan fingerprint density at radius 2 is 2.42 bits per heavy atom. The van der Waals surface area contributed by atoms with Gasteiger partial charge >= 0.3 is 0 Å². The minimum Gasteiger partial charge on any atom is -0.353 e. The molecule has 3 nitrogen and oxygen atoms in total. The highest BCUT2D eigenvalue weighted by molar-refractivity contribution is 5.77. The summed E-state index contributed by atoms with van der Waals surface area (Å²) in [5.74, 6) is 0.588. The summed E-state index contributed by atoms with van der Waals surface area (Å²) in [5.41, 5.74) is 5.54. The minimum atomic E-state index is 0.176. The largest absolute Gasteiger partial charge is 0.353 e. The lowest BCUT2D eigenvalue weighted by Gasteiger charge is -2.28. The fourth-order valence-corrected chi connectivity index (χ4v) is 1.81. The minimum absolute atomic E-state index is 0.176. The highest BCUT2D eigenvalue weighted by atomic mass is 16.1. The van der Waals surface area contributed by atoms with Gasteiger partial charge in [0.25, 0.3) is 0 Å². The molecule has 0 radical (unpaired) electrons. The molecule has 3 heteroatoms. The third-order valence-electron chi connectivity index (χ3n) is 2.43. The molecule has 1 saturated heterocycles. The van der Waals surface area contributed by atoms with Crippen LogP contribution in [0.2, 0.25) is 0 Å². The van der Waals surface area contributed by atoms with Crippen molar-refractivity contribution in [1.29, 1.82) is 0 Å². The molecule has 0 aliphatic carbocycles. The Hall–Kier alpha value is -0.570. The van der Waals surface area contributed by atoms with E-state index in [9.17, 15) is 4.79 Å². The summed E-state index contributed by atoms with van der Waals surface area (Å²) in [6, 6.07) is 0.379. The van der Waals surface area contributed by atoms with E-state index in [-0.39, 0.29) is 5.91 Å². The van der Waals surface area contributed by atoms with E-state index >= 15 is 0 Å². The molecule has 0 bridgehead atoms. The van der Waals surface area contributed by atoms with Gasteiger partial charge in [-0.25, -0.2) is 0 Å². The number of amides is 1. The average Bonchev–Trinajstić information content (AvgIpc) is 2.04. The summed E-state index contributed by atoms with van der Waals surface area (Å²) in [4.78, 5) is 11.2. The fraction of sp³-hybridized carbons (Fsp3) is 0.889. The first-order valence-corrected chi connectivity index (χ1v) is 4.75. The van der Waals surface area contributed by atoms with E-state index in [4.69, 9.17) is 5.73 Å². The molecule has 70 valence electrons. The maximum atomic E-state index is 11.2. The zero-order valence-corrected chi connectivity index (χ0v) is 7.68. The SMILES string of the molecule is CCCC1CC(CN)CC(=O)N1. The van der Waals surface area contributed by atoms with Crippen LogP contribution in [0.25, 0.3) is 0 Å². The normalized spacial score (nSPS) is 30.0. The van der Waals surface area contributed by atoms with Crippen LogP contribution in [0.15, 0.2) is 0 Å². The van der Waals surface area contributed by atoms with Crippen molar-refractivity contribution in [1.82, 2.24) is 5.32 Å². The van der Waals surface area contributed by atoms with E-state index in [2.05, 4.69) is 12.2 Å². The van der Waals surface area contributed by atoms with Crippen LogP contribution in [0, 0.1) is 5.92 Å². The van der Waals surface area contributed by atoms with Crippen molar-refractivity contribution in [3.63, 3.8) is 0 Å². The molecule has 1 rings (SSSR count). The molecule has 0 aromatic rings. The molecule has 12 heavy (non-hydrogen) atoms. The van der Waals surface area contributed by atoms with Gasteiger partial charge in [0.2, 0.25) is 5.91 Å². The van der Waals surface area contributed by atoms with Gasteiger partial charge in [0.05, 0.1) is 0 Å². The monoisotopic (exact) mass is 170 g/mol. The standard InChI is InChI=1S/C9H18N2O/c1-2-3-8-4-7(6-10)5-9(12)11-8/h7-8H,2-6,10H2,1H3,(H,11,12). The van der Waals surface area contributed by atoms with Crippen LogP contribution in [0.1, 0.15) is 32.6 Å². The van der Waals surface area contributed by atoms with Crippen molar-refractivity contribution in [2.24, 2.45) is 11.7 Å². The smallest absolute Gasteiger partial charge is 0.220 e. The van der Waals surface area contributed by atoms with Crippen LogP contribution < -0.4 is 11.1 Å². The Bertz CT molecular complexity index is 159. The first kappa shape index (κ1) is 9.52. The Labute approximate surface area is 73.7 Å². The number of hydrogen-bond acceptors (Lipinski definition) is 2. The molecule has 0 saturated carbocycles.